The second-order valence-corrected chi connectivity index (χ2v) is 4.81. The van der Waals surface area contributed by atoms with Crippen LogP contribution >= 0.6 is 34.8 Å². The Morgan fingerprint density at radius 1 is 0.889 bits per heavy atom. The van der Waals surface area contributed by atoms with E-state index in [-0.39, 0.29) is 5.82 Å². The van der Waals surface area contributed by atoms with Gasteiger partial charge in [-0.3, -0.25) is 0 Å². The van der Waals surface area contributed by atoms with Gasteiger partial charge in [0.1, 0.15) is 11.6 Å². The quantitative estimate of drug-likeness (QED) is 0.669. The fraction of sp³-hybridized carbons (Fsp3) is 0.0769. The largest absolute Gasteiger partial charge is 0.496 e. The van der Waals surface area contributed by atoms with Crippen molar-refractivity contribution in [1.29, 1.82) is 0 Å². The van der Waals surface area contributed by atoms with Crippen LogP contribution in [0, 0.1) is 5.82 Å². The number of hydrogen-bond donors (Lipinski definition) is 0. The molecule has 0 fully saturated rings. The summed E-state index contributed by atoms with van der Waals surface area (Å²) in [5.74, 6) is 0.00192. The maximum atomic E-state index is 13.1. The molecular formula is C13H8Cl3FO. The molecule has 5 heteroatoms. The minimum absolute atomic E-state index is 0.367. The van der Waals surface area contributed by atoms with E-state index in [1.165, 1.54) is 19.2 Å². The molecule has 18 heavy (non-hydrogen) atoms. The van der Waals surface area contributed by atoms with Gasteiger partial charge in [-0.2, -0.15) is 0 Å². The first-order chi connectivity index (χ1) is 8.52. The van der Waals surface area contributed by atoms with Crippen molar-refractivity contribution < 1.29 is 9.13 Å². The fourth-order valence-corrected chi connectivity index (χ4v) is 2.27. The number of methoxy groups -OCH3 is 1. The normalized spacial score (nSPS) is 10.5. The molecule has 2 aromatic rings. The van der Waals surface area contributed by atoms with Gasteiger partial charge in [0, 0.05) is 17.2 Å². The molecule has 0 bridgehead atoms. The van der Waals surface area contributed by atoms with E-state index in [0.717, 1.165) is 0 Å². The predicted molar refractivity (Wildman–Crippen MR) is 73.4 cm³/mol. The van der Waals surface area contributed by atoms with Crippen molar-refractivity contribution in [3.8, 4) is 16.9 Å². The van der Waals surface area contributed by atoms with Gasteiger partial charge in [-0.1, -0.05) is 34.8 Å². The lowest BCUT2D eigenvalue weighted by Gasteiger charge is -2.11. The third-order valence-electron chi connectivity index (χ3n) is 2.46. The second-order valence-electron chi connectivity index (χ2n) is 3.59. The van der Waals surface area contributed by atoms with Crippen LogP contribution in [-0.2, 0) is 0 Å². The van der Waals surface area contributed by atoms with Gasteiger partial charge in [-0.05, 0) is 24.3 Å². The number of halogens is 4. The van der Waals surface area contributed by atoms with E-state index in [4.69, 9.17) is 39.5 Å². The molecule has 0 saturated heterocycles. The van der Waals surface area contributed by atoms with E-state index in [9.17, 15) is 4.39 Å². The molecule has 0 N–H and O–H groups in total. The minimum atomic E-state index is -0.383. The van der Waals surface area contributed by atoms with Crippen molar-refractivity contribution in [3.63, 3.8) is 0 Å². The van der Waals surface area contributed by atoms with Crippen LogP contribution in [0.15, 0.2) is 30.3 Å². The van der Waals surface area contributed by atoms with Crippen LogP contribution in [0.2, 0.25) is 15.1 Å². The van der Waals surface area contributed by atoms with E-state index < -0.39 is 0 Å². The first kappa shape index (κ1) is 13.5. The lowest BCUT2D eigenvalue weighted by Crippen LogP contribution is -1.90. The van der Waals surface area contributed by atoms with Gasteiger partial charge in [-0.15, -0.1) is 0 Å². The summed E-state index contributed by atoms with van der Waals surface area (Å²) in [4.78, 5) is 0. The number of rotatable bonds is 2. The van der Waals surface area contributed by atoms with Crippen LogP contribution in [-0.4, -0.2) is 7.11 Å². The van der Waals surface area contributed by atoms with Gasteiger partial charge in [0.2, 0.25) is 0 Å². The first-order valence-electron chi connectivity index (χ1n) is 5.01. The average molecular weight is 306 g/mol. The highest BCUT2D eigenvalue weighted by atomic mass is 35.5. The molecule has 94 valence electrons. The van der Waals surface area contributed by atoms with Gasteiger partial charge in [0.25, 0.3) is 0 Å². The molecule has 1 nitrogen and oxygen atoms in total. The summed E-state index contributed by atoms with van der Waals surface area (Å²) < 4.78 is 18.3. The van der Waals surface area contributed by atoms with Gasteiger partial charge in [0.15, 0.2) is 0 Å². The molecule has 0 heterocycles. The third-order valence-corrected chi connectivity index (χ3v) is 3.50. The van der Waals surface area contributed by atoms with E-state index >= 15 is 0 Å². The zero-order valence-electron chi connectivity index (χ0n) is 9.31. The maximum absolute atomic E-state index is 13.1. The van der Waals surface area contributed by atoms with Crippen molar-refractivity contribution in [3.05, 3.63) is 51.2 Å². The highest BCUT2D eigenvalue weighted by molar-refractivity contribution is 6.44. The molecule has 0 radical (unpaired) electrons. The van der Waals surface area contributed by atoms with Crippen LogP contribution in [0.5, 0.6) is 5.75 Å². The zero-order valence-corrected chi connectivity index (χ0v) is 11.6. The highest BCUT2D eigenvalue weighted by Crippen LogP contribution is 2.39. The molecule has 0 aliphatic rings. The summed E-state index contributed by atoms with van der Waals surface area (Å²) in [7, 11) is 1.46. The van der Waals surface area contributed by atoms with Crippen molar-refractivity contribution >= 4 is 34.8 Å². The Kier molecular flexibility index (Phi) is 4.00. The molecule has 2 aromatic carbocycles. The highest BCUT2D eigenvalue weighted by Gasteiger charge is 2.13. The Morgan fingerprint density at radius 2 is 1.56 bits per heavy atom. The zero-order chi connectivity index (χ0) is 13.3. The third kappa shape index (κ3) is 2.56. The van der Waals surface area contributed by atoms with Gasteiger partial charge < -0.3 is 4.74 Å². The number of hydrogen-bond acceptors (Lipinski definition) is 1. The summed E-state index contributed by atoms with van der Waals surface area (Å²) in [5.41, 5.74) is 1.30. The SMILES string of the molecule is COc1cc(F)ccc1-c1cc(Cl)c(Cl)cc1Cl. The molecule has 0 amide bonds. The Balaban J connectivity index is 2.65. The standard InChI is InChI=1S/C13H8Cl3FO/c1-18-13-4-7(17)2-3-8(13)9-5-11(15)12(16)6-10(9)14/h2-6H,1H3. The first-order valence-corrected chi connectivity index (χ1v) is 6.14. The Morgan fingerprint density at radius 3 is 2.22 bits per heavy atom. The molecule has 0 unspecified atom stereocenters. The van der Waals surface area contributed by atoms with Crippen LogP contribution in [0.1, 0.15) is 0 Å². The van der Waals surface area contributed by atoms with Crippen molar-refractivity contribution in [2.24, 2.45) is 0 Å². The monoisotopic (exact) mass is 304 g/mol. The Bertz CT molecular complexity index is 599. The van der Waals surface area contributed by atoms with Crippen LogP contribution in [0.4, 0.5) is 4.39 Å². The van der Waals surface area contributed by atoms with Gasteiger partial charge in [-0.25, -0.2) is 4.39 Å². The summed E-state index contributed by atoms with van der Waals surface area (Å²) in [6.45, 7) is 0. The van der Waals surface area contributed by atoms with E-state index in [0.29, 0.717) is 31.9 Å². The van der Waals surface area contributed by atoms with E-state index in [2.05, 4.69) is 0 Å². The molecule has 0 aliphatic heterocycles. The number of benzene rings is 2. The Labute approximate surface area is 119 Å². The molecule has 0 atom stereocenters. The topological polar surface area (TPSA) is 9.23 Å². The average Bonchev–Trinajstić information content (AvgIpc) is 2.34. The maximum Gasteiger partial charge on any atom is 0.129 e. The minimum Gasteiger partial charge on any atom is -0.496 e. The number of ether oxygens (including phenoxy) is 1. The lowest BCUT2D eigenvalue weighted by atomic mass is 10.0. The van der Waals surface area contributed by atoms with Crippen molar-refractivity contribution in [2.75, 3.05) is 7.11 Å². The van der Waals surface area contributed by atoms with Crippen molar-refractivity contribution in [2.45, 2.75) is 0 Å². The predicted octanol–water partition coefficient (Wildman–Crippen LogP) is 5.46. The van der Waals surface area contributed by atoms with Crippen LogP contribution in [0.25, 0.3) is 11.1 Å². The van der Waals surface area contributed by atoms with Crippen molar-refractivity contribution in [1.82, 2.24) is 0 Å². The molecular weight excluding hydrogens is 297 g/mol. The smallest absolute Gasteiger partial charge is 0.129 e. The molecule has 2 rings (SSSR count). The van der Waals surface area contributed by atoms with Gasteiger partial charge >= 0.3 is 0 Å². The molecule has 0 spiro atoms. The molecule has 0 saturated carbocycles. The van der Waals surface area contributed by atoms with E-state index in [1.54, 1.807) is 18.2 Å². The van der Waals surface area contributed by atoms with E-state index in [1.807, 2.05) is 0 Å². The second kappa shape index (κ2) is 5.35. The molecule has 0 aromatic heterocycles. The summed E-state index contributed by atoms with van der Waals surface area (Å²) in [6, 6.07) is 7.37. The Hall–Kier alpha value is -0.960. The summed E-state index contributed by atoms with van der Waals surface area (Å²) in [6.07, 6.45) is 0. The van der Waals surface area contributed by atoms with Gasteiger partial charge in [0.05, 0.1) is 22.2 Å². The summed E-state index contributed by atoms with van der Waals surface area (Å²) in [5, 5.41) is 1.17. The van der Waals surface area contributed by atoms with Crippen LogP contribution < -0.4 is 4.74 Å². The lowest BCUT2D eigenvalue weighted by molar-refractivity contribution is 0.413. The summed E-state index contributed by atoms with van der Waals surface area (Å²) >= 11 is 17.9. The molecule has 0 aliphatic carbocycles. The van der Waals surface area contributed by atoms with Crippen LogP contribution in [0.3, 0.4) is 0 Å². The fourth-order valence-electron chi connectivity index (χ4n) is 1.62.